The SMILES string of the molecule is O=C(c1ccccc1F)N(CCN1CCOCC1)CC(=O)N1N=C(c2ccc(F)cc2)C[C@H]1c1cccc([N+](=O)[O-])c1. The standard InChI is InChI=1S/C30H29F2N5O5/c31-23-10-8-21(9-11-23)27-19-28(22-4-3-5-24(18-22)37(40)41)36(33-27)29(38)20-35(13-12-34-14-16-42-17-15-34)30(39)25-6-1-2-7-26(25)32/h1-11,18,28H,12-17,19-20H2/t28-/m0/s1. The van der Waals surface area contributed by atoms with E-state index in [0.29, 0.717) is 49.7 Å². The molecule has 0 aromatic heterocycles. The molecule has 0 spiro atoms. The average molecular weight is 578 g/mol. The molecule has 0 aliphatic carbocycles. The molecule has 0 unspecified atom stereocenters. The van der Waals surface area contributed by atoms with Crippen LogP contribution in [-0.2, 0) is 9.53 Å². The molecule has 1 fully saturated rings. The number of carbonyl (C=O) groups is 2. The van der Waals surface area contributed by atoms with Crippen molar-refractivity contribution < 1.29 is 28.0 Å². The molecule has 0 bridgehead atoms. The van der Waals surface area contributed by atoms with Gasteiger partial charge in [0.1, 0.15) is 18.2 Å². The number of non-ortho nitro benzene ring substituents is 1. The van der Waals surface area contributed by atoms with Crippen molar-refractivity contribution in [2.45, 2.75) is 12.5 Å². The van der Waals surface area contributed by atoms with Crippen molar-refractivity contribution in [2.24, 2.45) is 5.10 Å². The second-order valence-corrected chi connectivity index (χ2v) is 10.0. The van der Waals surface area contributed by atoms with Crippen molar-refractivity contribution in [1.82, 2.24) is 14.8 Å². The first-order chi connectivity index (χ1) is 20.3. The maximum atomic E-state index is 14.6. The molecule has 3 aromatic rings. The van der Waals surface area contributed by atoms with Crippen molar-refractivity contribution in [1.29, 1.82) is 0 Å². The Morgan fingerprint density at radius 1 is 1.02 bits per heavy atom. The largest absolute Gasteiger partial charge is 0.379 e. The predicted molar refractivity (Wildman–Crippen MR) is 150 cm³/mol. The van der Waals surface area contributed by atoms with Gasteiger partial charge in [-0.05, 0) is 35.4 Å². The zero-order chi connectivity index (χ0) is 29.6. The van der Waals surface area contributed by atoms with Gasteiger partial charge in [-0.3, -0.25) is 24.6 Å². The number of ether oxygens (including phenoxy) is 1. The summed E-state index contributed by atoms with van der Waals surface area (Å²) in [5.41, 5.74) is 1.27. The number of nitro groups is 1. The first-order valence-electron chi connectivity index (χ1n) is 13.5. The van der Waals surface area contributed by atoms with Crippen LogP contribution in [0.1, 0.15) is 33.9 Å². The molecule has 3 aromatic carbocycles. The minimum Gasteiger partial charge on any atom is -0.379 e. The van der Waals surface area contributed by atoms with Crippen LogP contribution in [0.25, 0.3) is 0 Å². The second kappa shape index (κ2) is 13.0. The summed E-state index contributed by atoms with van der Waals surface area (Å²) in [4.78, 5) is 41.7. The lowest BCUT2D eigenvalue weighted by Crippen LogP contribution is -2.46. The number of amides is 2. The fourth-order valence-electron chi connectivity index (χ4n) is 5.04. The van der Waals surface area contributed by atoms with E-state index < -0.39 is 41.0 Å². The Kier molecular flexibility index (Phi) is 8.94. The van der Waals surface area contributed by atoms with Gasteiger partial charge < -0.3 is 9.64 Å². The number of benzene rings is 3. The molecule has 0 saturated carbocycles. The molecule has 0 N–H and O–H groups in total. The number of nitrogens with zero attached hydrogens (tertiary/aromatic N) is 5. The third kappa shape index (κ3) is 6.67. The fourth-order valence-corrected chi connectivity index (χ4v) is 5.04. The zero-order valence-electron chi connectivity index (χ0n) is 22.7. The molecular formula is C30H29F2N5O5. The van der Waals surface area contributed by atoms with E-state index in [1.54, 1.807) is 24.3 Å². The number of carbonyl (C=O) groups excluding carboxylic acids is 2. The van der Waals surface area contributed by atoms with E-state index in [9.17, 15) is 28.5 Å². The highest BCUT2D eigenvalue weighted by molar-refractivity contribution is 6.03. The van der Waals surface area contributed by atoms with Crippen LogP contribution in [0.2, 0.25) is 0 Å². The van der Waals surface area contributed by atoms with E-state index in [1.807, 2.05) is 0 Å². The number of nitro benzene ring substituents is 1. The van der Waals surface area contributed by atoms with Gasteiger partial charge in [0, 0.05) is 44.7 Å². The number of morpholine rings is 1. The van der Waals surface area contributed by atoms with Crippen molar-refractivity contribution in [3.05, 3.63) is 111 Å². The Bertz CT molecular complexity index is 1490. The molecule has 2 heterocycles. The topological polar surface area (TPSA) is 109 Å². The molecule has 2 aliphatic heterocycles. The smallest absolute Gasteiger partial charge is 0.269 e. The number of halogens is 2. The molecule has 2 amide bonds. The average Bonchev–Trinajstić information content (AvgIpc) is 3.46. The molecule has 42 heavy (non-hydrogen) atoms. The molecule has 1 saturated heterocycles. The quantitative estimate of drug-likeness (QED) is 0.281. The maximum Gasteiger partial charge on any atom is 0.269 e. The summed E-state index contributed by atoms with van der Waals surface area (Å²) in [6.07, 6.45) is 0.216. The van der Waals surface area contributed by atoms with Gasteiger partial charge in [0.05, 0.1) is 35.5 Å². The number of hydrogen-bond donors (Lipinski definition) is 0. The Morgan fingerprint density at radius 2 is 1.76 bits per heavy atom. The van der Waals surface area contributed by atoms with Crippen molar-refractivity contribution in [3.63, 3.8) is 0 Å². The van der Waals surface area contributed by atoms with E-state index in [2.05, 4.69) is 10.0 Å². The van der Waals surface area contributed by atoms with Crippen LogP contribution in [-0.4, -0.2) is 83.2 Å². The lowest BCUT2D eigenvalue weighted by Gasteiger charge is -2.31. The highest BCUT2D eigenvalue weighted by atomic mass is 19.1. The van der Waals surface area contributed by atoms with Gasteiger partial charge in [-0.2, -0.15) is 5.10 Å². The van der Waals surface area contributed by atoms with Crippen molar-refractivity contribution in [3.8, 4) is 0 Å². The Hall–Kier alpha value is -4.55. The van der Waals surface area contributed by atoms with Crippen LogP contribution in [0.5, 0.6) is 0 Å². The van der Waals surface area contributed by atoms with Gasteiger partial charge >= 0.3 is 0 Å². The molecule has 0 radical (unpaired) electrons. The third-order valence-corrected chi connectivity index (χ3v) is 7.32. The summed E-state index contributed by atoms with van der Waals surface area (Å²) < 4.78 is 33.6. The Morgan fingerprint density at radius 3 is 2.48 bits per heavy atom. The molecule has 218 valence electrons. The zero-order valence-corrected chi connectivity index (χ0v) is 22.7. The van der Waals surface area contributed by atoms with Crippen LogP contribution >= 0.6 is 0 Å². The predicted octanol–water partition coefficient (Wildman–Crippen LogP) is 4.03. The monoisotopic (exact) mass is 577 g/mol. The highest BCUT2D eigenvalue weighted by Gasteiger charge is 2.35. The fraction of sp³-hybridized carbons (Fsp3) is 0.300. The van der Waals surface area contributed by atoms with E-state index in [-0.39, 0.29) is 24.2 Å². The van der Waals surface area contributed by atoms with Gasteiger partial charge in [0.2, 0.25) is 0 Å². The minimum atomic E-state index is -0.706. The Labute approximate surface area is 240 Å². The first kappa shape index (κ1) is 29.0. The van der Waals surface area contributed by atoms with Crippen LogP contribution in [0.3, 0.4) is 0 Å². The molecule has 2 aliphatic rings. The summed E-state index contributed by atoms with van der Waals surface area (Å²) >= 11 is 0. The van der Waals surface area contributed by atoms with E-state index >= 15 is 0 Å². The van der Waals surface area contributed by atoms with Gasteiger partial charge in [-0.15, -0.1) is 0 Å². The van der Waals surface area contributed by atoms with Crippen LogP contribution in [0, 0.1) is 21.7 Å². The van der Waals surface area contributed by atoms with Crippen LogP contribution < -0.4 is 0 Å². The van der Waals surface area contributed by atoms with E-state index in [4.69, 9.17) is 4.74 Å². The normalized spacial score (nSPS) is 17.1. The van der Waals surface area contributed by atoms with Gasteiger partial charge in [0.15, 0.2) is 0 Å². The summed E-state index contributed by atoms with van der Waals surface area (Å²) in [5.74, 6) is -2.31. The van der Waals surface area contributed by atoms with E-state index in [1.165, 1.54) is 58.4 Å². The van der Waals surface area contributed by atoms with Crippen LogP contribution in [0.15, 0.2) is 77.9 Å². The molecule has 10 nitrogen and oxygen atoms in total. The maximum absolute atomic E-state index is 14.6. The van der Waals surface area contributed by atoms with Crippen LogP contribution in [0.4, 0.5) is 14.5 Å². The molecule has 5 rings (SSSR count). The first-order valence-corrected chi connectivity index (χ1v) is 13.5. The molecule has 12 heteroatoms. The summed E-state index contributed by atoms with van der Waals surface area (Å²) in [6.45, 7) is 2.66. The number of hydrazone groups is 1. The highest BCUT2D eigenvalue weighted by Crippen LogP contribution is 2.34. The number of rotatable bonds is 9. The van der Waals surface area contributed by atoms with Gasteiger partial charge in [-0.1, -0.05) is 36.4 Å². The minimum absolute atomic E-state index is 0.142. The summed E-state index contributed by atoms with van der Waals surface area (Å²) in [6, 6.07) is 16.5. The van der Waals surface area contributed by atoms with Gasteiger partial charge in [0.25, 0.3) is 17.5 Å². The van der Waals surface area contributed by atoms with E-state index in [0.717, 1.165) is 0 Å². The van der Waals surface area contributed by atoms with Crippen molar-refractivity contribution in [2.75, 3.05) is 45.9 Å². The summed E-state index contributed by atoms with van der Waals surface area (Å²) in [5, 5.41) is 17.2. The molecular weight excluding hydrogens is 548 g/mol. The van der Waals surface area contributed by atoms with Gasteiger partial charge in [-0.25, -0.2) is 13.8 Å². The lowest BCUT2D eigenvalue weighted by atomic mass is 9.98. The molecule has 1 atom stereocenters. The second-order valence-electron chi connectivity index (χ2n) is 10.0. The Balaban J connectivity index is 1.44. The summed E-state index contributed by atoms with van der Waals surface area (Å²) in [7, 11) is 0. The van der Waals surface area contributed by atoms with Crippen molar-refractivity contribution >= 4 is 23.2 Å². The lowest BCUT2D eigenvalue weighted by molar-refractivity contribution is -0.385. The third-order valence-electron chi connectivity index (χ3n) is 7.32. The number of hydrogen-bond acceptors (Lipinski definition) is 7.